The van der Waals surface area contributed by atoms with E-state index in [1.807, 2.05) is 19.1 Å². The van der Waals surface area contributed by atoms with Crippen LogP contribution in [-0.2, 0) is 0 Å². The molecule has 2 heteroatoms. The molecule has 76 valence electrons. The molecule has 1 saturated carbocycles. The van der Waals surface area contributed by atoms with Crippen LogP contribution in [0.1, 0.15) is 30.4 Å². The van der Waals surface area contributed by atoms with Gasteiger partial charge in [0.1, 0.15) is 5.82 Å². The molecule has 1 fully saturated rings. The van der Waals surface area contributed by atoms with Crippen LogP contribution < -0.4 is 5.73 Å². The number of halogens is 1. The van der Waals surface area contributed by atoms with E-state index in [9.17, 15) is 4.39 Å². The van der Waals surface area contributed by atoms with Gasteiger partial charge in [0.15, 0.2) is 0 Å². The Hall–Kier alpha value is -0.890. The van der Waals surface area contributed by atoms with Crippen molar-refractivity contribution in [3.8, 4) is 0 Å². The Kier molecular flexibility index (Phi) is 2.31. The second-order valence-electron chi connectivity index (χ2n) is 4.37. The molecule has 1 nitrogen and oxygen atoms in total. The smallest absolute Gasteiger partial charge is 0.126 e. The topological polar surface area (TPSA) is 26.0 Å². The molecule has 2 rings (SSSR count). The quantitative estimate of drug-likeness (QED) is 0.729. The summed E-state index contributed by atoms with van der Waals surface area (Å²) < 4.78 is 13.0. The molecule has 1 aliphatic carbocycles. The van der Waals surface area contributed by atoms with Crippen LogP contribution in [0.15, 0.2) is 18.2 Å². The molecule has 14 heavy (non-hydrogen) atoms. The van der Waals surface area contributed by atoms with E-state index in [1.165, 1.54) is 5.56 Å². The largest absolute Gasteiger partial charge is 0.327 e. The molecular formula is C12H16FN. The van der Waals surface area contributed by atoms with Gasteiger partial charge in [-0.05, 0) is 42.4 Å². The van der Waals surface area contributed by atoms with Crippen molar-refractivity contribution < 1.29 is 4.39 Å². The van der Waals surface area contributed by atoms with Gasteiger partial charge in [-0.2, -0.15) is 0 Å². The van der Waals surface area contributed by atoms with Gasteiger partial charge in [0.25, 0.3) is 0 Å². The number of aryl methyl sites for hydroxylation is 1. The van der Waals surface area contributed by atoms with E-state index in [0.717, 1.165) is 12.0 Å². The van der Waals surface area contributed by atoms with Gasteiger partial charge in [-0.1, -0.05) is 19.1 Å². The molecule has 0 heterocycles. The lowest BCUT2D eigenvalue weighted by Gasteiger charge is -2.41. The molecule has 1 aromatic rings. The zero-order valence-corrected chi connectivity index (χ0v) is 8.63. The highest BCUT2D eigenvalue weighted by atomic mass is 19.1. The van der Waals surface area contributed by atoms with Crippen LogP contribution in [0.4, 0.5) is 4.39 Å². The molecule has 0 amide bonds. The maximum absolute atomic E-state index is 13.0. The molecule has 2 N–H and O–H groups in total. The fraction of sp³-hybridized carbons (Fsp3) is 0.500. The molecule has 0 spiro atoms. The predicted octanol–water partition coefficient (Wildman–Crippen LogP) is 2.58. The summed E-state index contributed by atoms with van der Waals surface area (Å²) in [7, 11) is 0. The zero-order valence-electron chi connectivity index (χ0n) is 8.63. The summed E-state index contributed by atoms with van der Waals surface area (Å²) in [5.41, 5.74) is 7.81. The average Bonchev–Trinajstić information content (AvgIpc) is 2.18. The van der Waals surface area contributed by atoms with Gasteiger partial charge < -0.3 is 5.73 Å². The van der Waals surface area contributed by atoms with E-state index in [2.05, 4.69) is 6.92 Å². The van der Waals surface area contributed by atoms with Crippen LogP contribution in [0.5, 0.6) is 0 Å². The van der Waals surface area contributed by atoms with Crippen LogP contribution >= 0.6 is 0 Å². The molecule has 1 aromatic carbocycles. The van der Waals surface area contributed by atoms with Gasteiger partial charge in [-0.15, -0.1) is 0 Å². The molecule has 3 atom stereocenters. The SMILES string of the molecule is Cc1cc(C2CC(N)C2C)ccc1F. The summed E-state index contributed by atoms with van der Waals surface area (Å²) in [4.78, 5) is 0. The van der Waals surface area contributed by atoms with Gasteiger partial charge in [0.2, 0.25) is 0 Å². The minimum Gasteiger partial charge on any atom is -0.327 e. The standard InChI is InChI=1S/C12H16FN/c1-7-5-9(3-4-11(7)13)10-6-12(14)8(10)2/h3-5,8,10,12H,6,14H2,1-2H3. The Labute approximate surface area is 84.1 Å². The molecule has 0 radical (unpaired) electrons. The summed E-state index contributed by atoms with van der Waals surface area (Å²) in [6.07, 6.45) is 1.03. The lowest BCUT2D eigenvalue weighted by Crippen LogP contribution is -2.44. The molecular weight excluding hydrogens is 177 g/mol. The Balaban J connectivity index is 2.22. The van der Waals surface area contributed by atoms with Crippen molar-refractivity contribution in [3.05, 3.63) is 35.1 Å². The molecule has 0 saturated heterocycles. The van der Waals surface area contributed by atoms with E-state index < -0.39 is 0 Å². The van der Waals surface area contributed by atoms with Crippen LogP contribution in [0.2, 0.25) is 0 Å². The summed E-state index contributed by atoms with van der Waals surface area (Å²) in [5.74, 6) is 0.939. The number of hydrogen-bond acceptors (Lipinski definition) is 1. The first-order chi connectivity index (χ1) is 6.59. The number of hydrogen-bond donors (Lipinski definition) is 1. The van der Waals surface area contributed by atoms with Gasteiger partial charge in [0.05, 0.1) is 0 Å². The number of nitrogens with two attached hydrogens (primary N) is 1. The highest BCUT2D eigenvalue weighted by Crippen LogP contribution is 2.41. The van der Waals surface area contributed by atoms with E-state index in [1.54, 1.807) is 6.07 Å². The van der Waals surface area contributed by atoms with Gasteiger partial charge in [-0.3, -0.25) is 0 Å². The van der Waals surface area contributed by atoms with Gasteiger partial charge >= 0.3 is 0 Å². The lowest BCUT2D eigenvalue weighted by molar-refractivity contribution is 0.226. The second kappa shape index (κ2) is 3.35. The number of rotatable bonds is 1. The van der Waals surface area contributed by atoms with E-state index in [4.69, 9.17) is 5.73 Å². The minimum absolute atomic E-state index is 0.120. The summed E-state index contributed by atoms with van der Waals surface area (Å²) >= 11 is 0. The lowest BCUT2D eigenvalue weighted by atomic mass is 9.67. The molecule has 3 unspecified atom stereocenters. The summed E-state index contributed by atoms with van der Waals surface area (Å²) in [5, 5.41) is 0. The highest BCUT2D eigenvalue weighted by Gasteiger charge is 2.35. The van der Waals surface area contributed by atoms with Crippen LogP contribution in [-0.4, -0.2) is 6.04 Å². The van der Waals surface area contributed by atoms with Crippen LogP contribution in [0.3, 0.4) is 0 Å². The van der Waals surface area contributed by atoms with Crippen LogP contribution in [0.25, 0.3) is 0 Å². The van der Waals surface area contributed by atoms with Crippen molar-refractivity contribution in [3.63, 3.8) is 0 Å². The third-order valence-electron chi connectivity index (χ3n) is 3.45. The van der Waals surface area contributed by atoms with E-state index in [0.29, 0.717) is 17.9 Å². The van der Waals surface area contributed by atoms with Crippen molar-refractivity contribution in [2.24, 2.45) is 11.7 Å². The second-order valence-corrected chi connectivity index (χ2v) is 4.37. The van der Waals surface area contributed by atoms with Crippen molar-refractivity contribution in [2.45, 2.75) is 32.2 Å². The van der Waals surface area contributed by atoms with E-state index in [-0.39, 0.29) is 5.82 Å². The first kappa shape index (κ1) is 9.66. The summed E-state index contributed by atoms with van der Waals surface area (Å²) in [6, 6.07) is 5.71. The Morgan fingerprint density at radius 2 is 2.14 bits per heavy atom. The summed E-state index contributed by atoms with van der Waals surface area (Å²) in [6.45, 7) is 3.97. The van der Waals surface area contributed by atoms with E-state index >= 15 is 0 Å². The predicted molar refractivity (Wildman–Crippen MR) is 55.6 cm³/mol. The maximum Gasteiger partial charge on any atom is 0.126 e. The third kappa shape index (κ3) is 1.44. The average molecular weight is 193 g/mol. The monoisotopic (exact) mass is 193 g/mol. The van der Waals surface area contributed by atoms with Gasteiger partial charge in [-0.25, -0.2) is 4.39 Å². The van der Waals surface area contributed by atoms with Crippen molar-refractivity contribution in [1.29, 1.82) is 0 Å². The first-order valence-electron chi connectivity index (χ1n) is 5.11. The van der Waals surface area contributed by atoms with Crippen molar-refractivity contribution in [1.82, 2.24) is 0 Å². The molecule has 0 aromatic heterocycles. The van der Waals surface area contributed by atoms with Crippen molar-refractivity contribution in [2.75, 3.05) is 0 Å². The normalized spacial score (nSPS) is 31.3. The number of benzene rings is 1. The molecule has 0 aliphatic heterocycles. The molecule has 0 bridgehead atoms. The minimum atomic E-state index is -0.120. The Morgan fingerprint density at radius 3 is 2.64 bits per heavy atom. The highest BCUT2D eigenvalue weighted by molar-refractivity contribution is 5.29. The Bertz CT molecular complexity index is 348. The fourth-order valence-corrected chi connectivity index (χ4v) is 2.16. The third-order valence-corrected chi connectivity index (χ3v) is 3.45. The Morgan fingerprint density at radius 1 is 1.43 bits per heavy atom. The molecule has 1 aliphatic rings. The van der Waals surface area contributed by atoms with Gasteiger partial charge in [0, 0.05) is 6.04 Å². The first-order valence-corrected chi connectivity index (χ1v) is 5.11. The van der Waals surface area contributed by atoms with Crippen LogP contribution in [0, 0.1) is 18.7 Å². The maximum atomic E-state index is 13.0. The van der Waals surface area contributed by atoms with Crippen molar-refractivity contribution >= 4 is 0 Å². The fourth-order valence-electron chi connectivity index (χ4n) is 2.16. The zero-order chi connectivity index (χ0) is 10.3.